The van der Waals surface area contributed by atoms with Crippen LogP contribution >= 0.6 is 0 Å². The van der Waals surface area contributed by atoms with Crippen LogP contribution in [0.3, 0.4) is 0 Å². The minimum atomic E-state index is -0.632. The normalized spacial score (nSPS) is 14.8. The van der Waals surface area contributed by atoms with Crippen LogP contribution in [0.1, 0.15) is 25.7 Å². The predicted octanol–water partition coefficient (Wildman–Crippen LogP) is 7.05. The van der Waals surface area contributed by atoms with Crippen LogP contribution in [0.2, 0.25) is 0 Å². The van der Waals surface area contributed by atoms with Gasteiger partial charge < -0.3 is 42.5 Å². The molecule has 0 spiro atoms. The van der Waals surface area contributed by atoms with Crippen LogP contribution in [0.4, 0.5) is 64.7 Å². The molecule has 0 aromatic heterocycles. The molecule has 1 aliphatic rings. The Morgan fingerprint density at radius 3 is 1.08 bits per heavy atom. The van der Waals surface area contributed by atoms with Gasteiger partial charge in [-0.2, -0.15) is 0 Å². The van der Waals surface area contributed by atoms with Gasteiger partial charge in [0.15, 0.2) is 0 Å². The first kappa shape index (κ1) is 36.1. The zero-order chi connectivity index (χ0) is 37.0. The van der Waals surface area contributed by atoms with E-state index in [9.17, 15) is 39.4 Å². The molecule has 18 heteroatoms. The van der Waals surface area contributed by atoms with E-state index in [1.54, 1.807) is 48.5 Å². The minimum absolute atomic E-state index is 0.119. The summed E-state index contributed by atoms with van der Waals surface area (Å²) in [5.74, 6) is 0. The summed E-state index contributed by atoms with van der Waals surface area (Å²) in [4.78, 5) is 72.2. The van der Waals surface area contributed by atoms with E-state index >= 15 is 0 Å². The SMILES string of the molecule is O=C(Nc1ccc([N+](=O)[O-])cc1)Nc1ccccc1NC(=O)N[C@@H]1CCCC[C@H]1NC(=O)Nc1ccccc1NC(=O)Nc1ccc([N+](=O)[O-])cc1. The van der Waals surface area contributed by atoms with Crippen molar-refractivity contribution in [2.75, 3.05) is 31.9 Å². The molecule has 0 saturated heterocycles. The molecule has 0 aliphatic heterocycles. The lowest BCUT2D eigenvalue weighted by Gasteiger charge is -2.33. The quantitative estimate of drug-likeness (QED) is 0.0624. The number of urea groups is 4. The Kier molecular flexibility index (Phi) is 11.7. The number of nitro benzene ring substituents is 2. The van der Waals surface area contributed by atoms with E-state index in [1.165, 1.54) is 48.5 Å². The summed E-state index contributed by atoms with van der Waals surface area (Å²) in [6, 6.07) is 20.5. The third kappa shape index (κ3) is 10.1. The minimum Gasteiger partial charge on any atom is -0.333 e. The molecule has 5 rings (SSSR count). The summed E-state index contributed by atoms with van der Waals surface area (Å²) in [5, 5.41) is 43.5. The van der Waals surface area contributed by atoms with E-state index in [1.807, 2.05) is 0 Å². The molecule has 0 bridgehead atoms. The summed E-state index contributed by atoms with van der Waals surface area (Å²) in [5.41, 5.74) is 1.62. The molecular weight excluding hydrogens is 676 g/mol. The number of benzene rings is 4. The van der Waals surface area contributed by atoms with Gasteiger partial charge in [-0.3, -0.25) is 20.2 Å². The Labute approximate surface area is 296 Å². The second-order valence-electron chi connectivity index (χ2n) is 11.6. The van der Waals surface area contributed by atoms with Crippen molar-refractivity contribution in [3.63, 3.8) is 0 Å². The summed E-state index contributed by atoms with van der Waals surface area (Å²) >= 11 is 0. The summed E-state index contributed by atoms with van der Waals surface area (Å²) in [7, 11) is 0. The van der Waals surface area contributed by atoms with Crippen molar-refractivity contribution in [2.45, 2.75) is 37.8 Å². The van der Waals surface area contributed by atoms with E-state index in [-0.39, 0.29) is 11.4 Å². The molecule has 1 saturated carbocycles. The standard InChI is InChI=1S/C34H34N10O8/c45-31(35-21-13-17-23(18-14-21)43(49)50)37-25-7-1-3-9-27(25)39-33(47)41-29-11-5-6-12-30(29)42-34(48)40-28-10-4-2-8-26(28)38-32(46)36-22-15-19-24(20-16-22)44(51)52/h1-4,7-10,13-20,29-30H,5-6,11-12H2,(H2,35,37,45)(H2,36,38,46)(H2,39,41,47)(H2,40,42,48)/t29-,30-/m1/s1. The molecule has 0 unspecified atom stereocenters. The number of nitrogens with one attached hydrogen (secondary N) is 8. The van der Waals surface area contributed by atoms with Crippen molar-refractivity contribution in [2.24, 2.45) is 0 Å². The Balaban J connectivity index is 1.14. The lowest BCUT2D eigenvalue weighted by Crippen LogP contribution is -2.54. The zero-order valence-corrected chi connectivity index (χ0v) is 27.4. The highest BCUT2D eigenvalue weighted by atomic mass is 16.6. The number of carbonyl (C=O) groups is 4. The van der Waals surface area contributed by atoms with Crippen molar-refractivity contribution in [3.8, 4) is 0 Å². The molecule has 4 aromatic rings. The van der Waals surface area contributed by atoms with Gasteiger partial charge in [-0.05, 0) is 61.4 Å². The fourth-order valence-corrected chi connectivity index (χ4v) is 5.43. The summed E-state index contributed by atoms with van der Waals surface area (Å²) in [6.45, 7) is 0. The first-order valence-corrected chi connectivity index (χ1v) is 16.0. The third-order valence-electron chi connectivity index (χ3n) is 7.92. The molecule has 52 heavy (non-hydrogen) atoms. The van der Waals surface area contributed by atoms with Crippen molar-refractivity contribution in [3.05, 3.63) is 117 Å². The maximum absolute atomic E-state index is 13.1. The topological polar surface area (TPSA) is 251 Å². The lowest BCUT2D eigenvalue weighted by molar-refractivity contribution is -0.385. The van der Waals surface area contributed by atoms with Gasteiger partial charge in [-0.1, -0.05) is 37.1 Å². The average Bonchev–Trinajstić information content (AvgIpc) is 3.11. The number of hydrogen-bond donors (Lipinski definition) is 8. The first-order valence-electron chi connectivity index (χ1n) is 16.0. The molecule has 2 atom stereocenters. The highest BCUT2D eigenvalue weighted by Crippen LogP contribution is 2.25. The summed E-state index contributed by atoms with van der Waals surface area (Å²) in [6.07, 6.45) is 2.83. The second-order valence-corrected chi connectivity index (χ2v) is 11.6. The maximum Gasteiger partial charge on any atom is 0.323 e. The van der Waals surface area contributed by atoms with Gasteiger partial charge in [0.1, 0.15) is 0 Å². The molecule has 4 aromatic carbocycles. The van der Waals surface area contributed by atoms with Crippen molar-refractivity contribution >= 4 is 69.6 Å². The Morgan fingerprint density at radius 2 is 0.769 bits per heavy atom. The zero-order valence-electron chi connectivity index (χ0n) is 27.4. The van der Waals surface area contributed by atoms with Gasteiger partial charge in [0.05, 0.1) is 44.7 Å². The number of nitro groups is 2. The van der Waals surface area contributed by atoms with Crippen molar-refractivity contribution in [1.29, 1.82) is 0 Å². The number of non-ortho nitro benzene ring substituents is 2. The van der Waals surface area contributed by atoms with Crippen LogP contribution in [0, 0.1) is 20.2 Å². The smallest absolute Gasteiger partial charge is 0.323 e. The van der Waals surface area contributed by atoms with Gasteiger partial charge in [0.2, 0.25) is 0 Å². The first-order chi connectivity index (χ1) is 25.0. The van der Waals surface area contributed by atoms with E-state index in [0.717, 1.165) is 12.8 Å². The molecule has 1 fully saturated rings. The number of anilines is 6. The molecule has 0 heterocycles. The molecule has 18 nitrogen and oxygen atoms in total. The van der Waals surface area contributed by atoms with Crippen LogP contribution in [0.25, 0.3) is 0 Å². The van der Waals surface area contributed by atoms with Crippen LogP contribution in [0.15, 0.2) is 97.1 Å². The average molecular weight is 711 g/mol. The Bertz CT molecular complexity index is 1820. The van der Waals surface area contributed by atoms with Crippen LogP contribution in [-0.2, 0) is 0 Å². The molecule has 0 radical (unpaired) electrons. The number of hydrogen-bond acceptors (Lipinski definition) is 8. The van der Waals surface area contributed by atoms with E-state index in [2.05, 4.69) is 42.5 Å². The fraction of sp³-hybridized carbons (Fsp3) is 0.176. The lowest BCUT2D eigenvalue weighted by atomic mass is 9.90. The number of rotatable bonds is 10. The molecular formula is C34H34N10O8. The Morgan fingerprint density at radius 1 is 0.462 bits per heavy atom. The van der Waals surface area contributed by atoms with Gasteiger partial charge in [0, 0.05) is 35.6 Å². The van der Waals surface area contributed by atoms with Gasteiger partial charge >= 0.3 is 24.1 Å². The van der Waals surface area contributed by atoms with Crippen LogP contribution in [-0.4, -0.2) is 46.1 Å². The Hall–Kier alpha value is -7.24. The number of nitrogens with zero attached hydrogens (tertiary/aromatic N) is 2. The van der Waals surface area contributed by atoms with E-state index < -0.39 is 46.1 Å². The van der Waals surface area contributed by atoms with Gasteiger partial charge in [0.25, 0.3) is 11.4 Å². The fourth-order valence-electron chi connectivity index (χ4n) is 5.43. The highest BCUT2D eigenvalue weighted by Gasteiger charge is 2.28. The highest BCUT2D eigenvalue weighted by molar-refractivity contribution is 6.05. The second kappa shape index (κ2) is 16.9. The van der Waals surface area contributed by atoms with Crippen molar-refractivity contribution < 1.29 is 29.0 Å². The van der Waals surface area contributed by atoms with Gasteiger partial charge in [-0.15, -0.1) is 0 Å². The van der Waals surface area contributed by atoms with E-state index in [4.69, 9.17) is 0 Å². The van der Waals surface area contributed by atoms with Crippen LogP contribution in [0.5, 0.6) is 0 Å². The predicted molar refractivity (Wildman–Crippen MR) is 195 cm³/mol. The monoisotopic (exact) mass is 710 g/mol. The third-order valence-corrected chi connectivity index (χ3v) is 7.92. The van der Waals surface area contributed by atoms with Crippen LogP contribution < -0.4 is 42.5 Å². The summed E-state index contributed by atoms with van der Waals surface area (Å²) < 4.78 is 0. The maximum atomic E-state index is 13.1. The number of para-hydroxylation sites is 4. The molecule has 1 aliphatic carbocycles. The van der Waals surface area contributed by atoms with Crippen molar-refractivity contribution in [1.82, 2.24) is 10.6 Å². The number of carbonyl (C=O) groups excluding carboxylic acids is 4. The molecule has 8 N–H and O–H groups in total. The number of amides is 8. The molecule has 8 amide bonds. The van der Waals surface area contributed by atoms with Gasteiger partial charge in [-0.25, -0.2) is 19.2 Å². The molecule has 268 valence electrons. The van der Waals surface area contributed by atoms with E-state index in [0.29, 0.717) is 47.0 Å². The largest absolute Gasteiger partial charge is 0.333 e.